The van der Waals surface area contributed by atoms with Gasteiger partial charge in [0.15, 0.2) is 0 Å². The zero-order chi connectivity index (χ0) is 13.6. The number of aliphatic hydroxyl groups excluding tert-OH is 3. The van der Waals surface area contributed by atoms with Crippen LogP contribution < -0.4 is 5.69 Å². The standard InChI is InChI=1S/C10H12N4O5/c15-3-6-7(16)8(17)9(19-6)4-1-12-14-5(4)2-11-13-10(14)18/h1-2,6-9,15-17H,3H2,(H,13,18)/t6-,7-,8-,9+/m1/s1. The van der Waals surface area contributed by atoms with Crippen LogP contribution in [0, 0.1) is 0 Å². The van der Waals surface area contributed by atoms with Crippen molar-refractivity contribution in [2.75, 3.05) is 6.61 Å². The topological polar surface area (TPSA) is 133 Å². The Morgan fingerprint density at radius 1 is 1.37 bits per heavy atom. The number of aliphatic hydroxyl groups is 3. The molecule has 102 valence electrons. The zero-order valence-electron chi connectivity index (χ0n) is 9.67. The molecule has 1 aliphatic heterocycles. The average Bonchev–Trinajstić information content (AvgIpc) is 2.94. The fourth-order valence-electron chi connectivity index (χ4n) is 2.23. The maximum absolute atomic E-state index is 11.5. The molecule has 2 aromatic heterocycles. The predicted molar refractivity (Wildman–Crippen MR) is 60.3 cm³/mol. The van der Waals surface area contributed by atoms with Gasteiger partial charge in [0.25, 0.3) is 0 Å². The molecule has 0 aromatic carbocycles. The fourth-order valence-corrected chi connectivity index (χ4v) is 2.23. The van der Waals surface area contributed by atoms with Crippen LogP contribution in [0.15, 0.2) is 17.2 Å². The number of nitrogens with one attached hydrogen (secondary N) is 1. The van der Waals surface area contributed by atoms with Crippen molar-refractivity contribution in [2.45, 2.75) is 24.4 Å². The van der Waals surface area contributed by atoms with Gasteiger partial charge in [0.1, 0.15) is 24.4 Å². The number of nitrogens with zero attached hydrogens (tertiary/aromatic N) is 3. The van der Waals surface area contributed by atoms with E-state index in [1.54, 1.807) is 0 Å². The molecule has 0 unspecified atom stereocenters. The van der Waals surface area contributed by atoms with E-state index in [9.17, 15) is 15.0 Å². The van der Waals surface area contributed by atoms with E-state index < -0.39 is 36.7 Å². The van der Waals surface area contributed by atoms with Crippen molar-refractivity contribution in [2.24, 2.45) is 0 Å². The second-order valence-electron chi connectivity index (χ2n) is 4.33. The number of rotatable bonds is 2. The van der Waals surface area contributed by atoms with Crippen LogP contribution in [0.4, 0.5) is 0 Å². The van der Waals surface area contributed by atoms with Crippen LogP contribution in [0.3, 0.4) is 0 Å². The van der Waals surface area contributed by atoms with E-state index in [1.165, 1.54) is 12.4 Å². The van der Waals surface area contributed by atoms with E-state index >= 15 is 0 Å². The minimum absolute atomic E-state index is 0.374. The average molecular weight is 268 g/mol. The zero-order valence-corrected chi connectivity index (χ0v) is 9.67. The van der Waals surface area contributed by atoms with E-state index in [4.69, 9.17) is 9.84 Å². The van der Waals surface area contributed by atoms with Gasteiger partial charge in [-0.05, 0) is 0 Å². The Balaban J connectivity index is 2.06. The van der Waals surface area contributed by atoms with E-state index in [-0.39, 0.29) is 0 Å². The Hall–Kier alpha value is -1.81. The summed E-state index contributed by atoms with van der Waals surface area (Å²) in [5.41, 5.74) is 0.287. The summed E-state index contributed by atoms with van der Waals surface area (Å²) in [6, 6.07) is 0. The highest BCUT2D eigenvalue weighted by atomic mass is 16.6. The van der Waals surface area contributed by atoms with E-state index in [0.717, 1.165) is 4.52 Å². The smallest absolute Gasteiger partial charge is 0.363 e. The molecule has 0 amide bonds. The van der Waals surface area contributed by atoms with Crippen molar-refractivity contribution in [1.29, 1.82) is 0 Å². The van der Waals surface area contributed by atoms with Crippen LogP contribution in [-0.2, 0) is 4.74 Å². The van der Waals surface area contributed by atoms with Gasteiger partial charge in [-0.1, -0.05) is 0 Å². The van der Waals surface area contributed by atoms with E-state index in [1.807, 2.05) is 0 Å². The minimum Gasteiger partial charge on any atom is -0.394 e. The quantitative estimate of drug-likeness (QED) is 0.476. The van der Waals surface area contributed by atoms with Gasteiger partial charge in [0.2, 0.25) is 0 Å². The van der Waals surface area contributed by atoms with Crippen molar-refractivity contribution >= 4 is 5.52 Å². The van der Waals surface area contributed by atoms with Gasteiger partial charge in [-0.25, -0.2) is 9.89 Å². The van der Waals surface area contributed by atoms with Crippen LogP contribution in [0.1, 0.15) is 11.7 Å². The number of hydrogen-bond donors (Lipinski definition) is 4. The summed E-state index contributed by atoms with van der Waals surface area (Å²) in [4.78, 5) is 11.5. The Bertz CT molecular complexity index is 653. The molecule has 4 atom stereocenters. The van der Waals surface area contributed by atoms with Crippen LogP contribution in [0.5, 0.6) is 0 Å². The van der Waals surface area contributed by atoms with Crippen molar-refractivity contribution in [3.05, 3.63) is 28.4 Å². The Labute approximate surface area is 106 Å². The molecule has 3 heterocycles. The van der Waals surface area contributed by atoms with Gasteiger partial charge in [0.05, 0.1) is 24.5 Å². The highest BCUT2D eigenvalue weighted by Gasteiger charge is 2.44. The first-order valence-electron chi connectivity index (χ1n) is 5.67. The van der Waals surface area contributed by atoms with Gasteiger partial charge in [0, 0.05) is 5.56 Å². The maximum Gasteiger partial charge on any atom is 0.363 e. The Kier molecular flexibility index (Phi) is 2.82. The molecule has 2 aromatic rings. The van der Waals surface area contributed by atoms with Gasteiger partial charge >= 0.3 is 5.69 Å². The van der Waals surface area contributed by atoms with Crippen LogP contribution in [0.25, 0.3) is 5.52 Å². The molecular formula is C10H12N4O5. The molecule has 1 aliphatic rings. The van der Waals surface area contributed by atoms with Crippen LogP contribution >= 0.6 is 0 Å². The number of fused-ring (bicyclic) bond motifs is 1. The summed E-state index contributed by atoms with van der Waals surface area (Å²) in [6.45, 7) is -0.410. The molecule has 0 spiro atoms. The summed E-state index contributed by atoms with van der Waals surface area (Å²) in [5.74, 6) is 0. The summed E-state index contributed by atoms with van der Waals surface area (Å²) >= 11 is 0. The summed E-state index contributed by atoms with van der Waals surface area (Å²) in [5, 5.41) is 38.4. The molecule has 0 radical (unpaired) electrons. The molecule has 0 aliphatic carbocycles. The third-order valence-electron chi connectivity index (χ3n) is 3.22. The molecule has 9 heteroatoms. The van der Waals surface area contributed by atoms with Crippen molar-refractivity contribution < 1.29 is 20.1 Å². The molecule has 1 saturated heterocycles. The van der Waals surface area contributed by atoms with Gasteiger partial charge in [-0.15, -0.1) is 0 Å². The van der Waals surface area contributed by atoms with Crippen LogP contribution in [0.2, 0.25) is 0 Å². The molecule has 4 N–H and O–H groups in total. The number of H-pyrrole nitrogens is 1. The number of aromatic nitrogens is 4. The fraction of sp³-hybridized carbons (Fsp3) is 0.500. The molecule has 0 bridgehead atoms. The lowest BCUT2D eigenvalue weighted by Crippen LogP contribution is -2.32. The van der Waals surface area contributed by atoms with Crippen molar-refractivity contribution in [3.63, 3.8) is 0 Å². The second kappa shape index (κ2) is 4.38. The number of hydrogen-bond acceptors (Lipinski definition) is 7. The number of aromatic amines is 1. The van der Waals surface area contributed by atoms with E-state index in [2.05, 4.69) is 15.3 Å². The summed E-state index contributed by atoms with van der Waals surface area (Å²) < 4.78 is 6.46. The molecule has 3 rings (SSSR count). The highest BCUT2D eigenvalue weighted by molar-refractivity contribution is 5.53. The molecule has 19 heavy (non-hydrogen) atoms. The lowest BCUT2D eigenvalue weighted by atomic mass is 10.0. The minimum atomic E-state index is -1.20. The van der Waals surface area contributed by atoms with Gasteiger partial charge < -0.3 is 20.1 Å². The van der Waals surface area contributed by atoms with E-state index in [0.29, 0.717) is 11.1 Å². The van der Waals surface area contributed by atoms with Gasteiger partial charge in [-0.2, -0.15) is 14.7 Å². The highest BCUT2D eigenvalue weighted by Crippen LogP contribution is 2.34. The Morgan fingerprint density at radius 2 is 2.16 bits per heavy atom. The third kappa shape index (κ3) is 1.75. The maximum atomic E-state index is 11.5. The largest absolute Gasteiger partial charge is 0.394 e. The SMILES string of the molecule is O=c1[nH]ncc2c([C@@H]3O[C@H](CO)[C@@H](O)[C@H]3O)cnn12. The van der Waals surface area contributed by atoms with Crippen molar-refractivity contribution in [3.8, 4) is 0 Å². The molecule has 9 nitrogen and oxygen atoms in total. The van der Waals surface area contributed by atoms with Crippen LogP contribution in [-0.4, -0.2) is 60.0 Å². The normalized spacial score (nSPS) is 31.1. The first-order chi connectivity index (χ1) is 9.13. The number of ether oxygens (including phenoxy) is 1. The lowest BCUT2D eigenvalue weighted by Gasteiger charge is -2.12. The van der Waals surface area contributed by atoms with Gasteiger partial charge in [-0.3, -0.25) is 0 Å². The second-order valence-corrected chi connectivity index (χ2v) is 4.33. The first kappa shape index (κ1) is 12.2. The van der Waals surface area contributed by atoms with Crippen molar-refractivity contribution in [1.82, 2.24) is 19.8 Å². The Morgan fingerprint density at radius 3 is 2.84 bits per heavy atom. The summed E-state index contributed by atoms with van der Waals surface area (Å²) in [6.07, 6.45) is -1.40. The first-order valence-corrected chi connectivity index (χ1v) is 5.67. The molecular weight excluding hydrogens is 256 g/mol. The molecule has 0 saturated carbocycles. The lowest BCUT2D eigenvalue weighted by molar-refractivity contribution is -0.0223. The molecule has 1 fully saturated rings. The predicted octanol–water partition coefficient (Wildman–Crippen LogP) is -2.43. The monoisotopic (exact) mass is 268 g/mol. The summed E-state index contributed by atoms with van der Waals surface area (Å²) in [7, 11) is 0. The third-order valence-corrected chi connectivity index (χ3v) is 3.22.